The lowest BCUT2D eigenvalue weighted by Gasteiger charge is -2.06. The first-order valence-corrected chi connectivity index (χ1v) is 7.82. The molecule has 18 heavy (non-hydrogen) atoms. The zero-order valence-corrected chi connectivity index (χ0v) is 11.3. The first kappa shape index (κ1) is 13.1. The number of anilines is 1. The summed E-state index contributed by atoms with van der Waals surface area (Å²) >= 11 is 1.62. The third kappa shape index (κ3) is 3.32. The van der Waals surface area contributed by atoms with Gasteiger partial charge in [-0.2, -0.15) is 0 Å². The summed E-state index contributed by atoms with van der Waals surface area (Å²) in [5.74, 6) is 0. The average molecular weight is 282 g/mol. The predicted molar refractivity (Wildman–Crippen MR) is 74.1 cm³/mol. The average Bonchev–Trinajstić information content (AvgIpc) is 2.82. The number of nitrogens with two attached hydrogens (primary N) is 1. The van der Waals surface area contributed by atoms with Crippen molar-refractivity contribution in [1.29, 1.82) is 0 Å². The van der Waals surface area contributed by atoms with Gasteiger partial charge in [0.25, 0.3) is 0 Å². The van der Waals surface area contributed by atoms with Crippen molar-refractivity contribution in [3.8, 4) is 0 Å². The van der Waals surface area contributed by atoms with Gasteiger partial charge in [-0.1, -0.05) is 12.1 Å². The molecular formula is C12H14N2O2S2. The molecule has 1 heterocycles. The van der Waals surface area contributed by atoms with Gasteiger partial charge < -0.3 is 5.73 Å². The highest BCUT2D eigenvalue weighted by Gasteiger charge is 2.13. The number of thiophene rings is 1. The van der Waals surface area contributed by atoms with Crippen LogP contribution in [-0.2, 0) is 16.4 Å². The van der Waals surface area contributed by atoms with Crippen molar-refractivity contribution in [2.45, 2.75) is 11.3 Å². The number of nitrogen functional groups attached to an aromatic ring is 1. The normalized spacial score (nSPS) is 11.6. The van der Waals surface area contributed by atoms with E-state index < -0.39 is 10.0 Å². The summed E-state index contributed by atoms with van der Waals surface area (Å²) in [6, 6.07) is 10.2. The van der Waals surface area contributed by atoms with Crippen LogP contribution >= 0.6 is 11.3 Å². The lowest BCUT2D eigenvalue weighted by Crippen LogP contribution is -2.25. The van der Waals surface area contributed by atoms with E-state index in [4.69, 9.17) is 5.73 Å². The Kier molecular flexibility index (Phi) is 4.00. The quantitative estimate of drug-likeness (QED) is 0.822. The summed E-state index contributed by atoms with van der Waals surface area (Å²) in [5, 5.41) is 1.97. The molecule has 1 aromatic carbocycles. The summed E-state index contributed by atoms with van der Waals surface area (Å²) in [6.45, 7) is 0.387. The van der Waals surface area contributed by atoms with E-state index in [-0.39, 0.29) is 4.90 Å². The molecule has 1 aromatic heterocycles. The van der Waals surface area contributed by atoms with Gasteiger partial charge in [-0.05, 0) is 36.1 Å². The largest absolute Gasteiger partial charge is 0.399 e. The summed E-state index contributed by atoms with van der Waals surface area (Å²) in [6.07, 6.45) is 0.694. The number of sulfonamides is 1. The van der Waals surface area contributed by atoms with E-state index in [0.29, 0.717) is 18.7 Å². The molecule has 0 fully saturated rings. The van der Waals surface area contributed by atoms with Crippen molar-refractivity contribution < 1.29 is 8.42 Å². The van der Waals surface area contributed by atoms with Gasteiger partial charge in [-0.3, -0.25) is 0 Å². The van der Waals surface area contributed by atoms with Crippen LogP contribution in [0, 0.1) is 0 Å². The SMILES string of the molecule is Nc1cccc(S(=O)(=O)NCCc2cccs2)c1. The molecule has 6 heteroatoms. The standard InChI is InChI=1S/C12H14N2O2S2/c13-10-3-1-5-12(9-10)18(15,16)14-7-6-11-4-2-8-17-11/h1-5,8-9,14H,6-7,13H2. The Labute approximate surface area is 111 Å². The van der Waals surface area contributed by atoms with E-state index in [9.17, 15) is 8.42 Å². The molecule has 0 bridgehead atoms. The van der Waals surface area contributed by atoms with Crippen molar-refractivity contribution in [3.63, 3.8) is 0 Å². The smallest absolute Gasteiger partial charge is 0.240 e. The molecule has 96 valence electrons. The molecule has 0 aliphatic rings. The molecular weight excluding hydrogens is 268 g/mol. The van der Waals surface area contributed by atoms with Gasteiger partial charge in [-0.25, -0.2) is 13.1 Å². The molecule has 0 aliphatic carbocycles. The second-order valence-corrected chi connectivity index (χ2v) is 6.60. The van der Waals surface area contributed by atoms with Crippen LogP contribution in [0.5, 0.6) is 0 Å². The van der Waals surface area contributed by atoms with Gasteiger partial charge in [-0.15, -0.1) is 11.3 Å². The second-order valence-electron chi connectivity index (χ2n) is 3.80. The fraction of sp³-hybridized carbons (Fsp3) is 0.167. The maximum Gasteiger partial charge on any atom is 0.240 e. The van der Waals surface area contributed by atoms with E-state index >= 15 is 0 Å². The summed E-state index contributed by atoms with van der Waals surface area (Å²) in [5.41, 5.74) is 6.01. The maximum atomic E-state index is 11.9. The Morgan fingerprint density at radius 3 is 2.72 bits per heavy atom. The molecule has 3 N–H and O–H groups in total. The molecule has 2 aromatic rings. The predicted octanol–water partition coefficient (Wildman–Crippen LogP) is 1.85. The first-order chi connectivity index (χ1) is 8.58. The van der Waals surface area contributed by atoms with Crippen LogP contribution < -0.4 is 10.5 Å². The van der Waals surface area contributed by atoms with Crippen LogP contribution in [0.4, 0.5) is 5.69 Å². The van der Waals surface area contributed by atoms with Crippen molar-refractivity contribution in [3.05, 3.63) is 46.7 Å². The van der Waals surface area contributed by atoms with E-state index in [2.05, 4.69) is 4.72 Å². The number of hydrogen-bond acceptors (Lipinski definition) is 4. The molecule has 0 spiro atoms. The summed E-state index contributed by atoms with van der Waals surface area (Å²) in [4.78, 5) is 1.36. The summed E-state index contributed by atoms with van der Waals surface area (Å²) < 4.78 is 26.5. The fourth-order valence-corrected chi connectivity index (χ4v) is 3.32. The van der Waals surface area contributed by atoms with Crippen molar-refractivity contribution in [2.75, 3.05) is 12.3 Å². The maximum absolute atomic E-state index is 11.9. The van der Waals surface area contributed by atoms with E-state index in [0.717, 1.165) is 4.88 Å². The molecule has 0 amide bonds. The Hall–Kier alpha value is -1.37. The number of rotatable bonds is 5. The van der Waals surface area contributed by atoms with Gasteiger partial charge in [0.2, 0.25) is 10.0 Å². The topological polar surface area (TPSA) is 72.2 Å². The van der Waals surface area contributed by atoms with Crippen LogP contribution in [0.3, 0.4) is 0 Å². The molecule has 0 saturated carbocycles. The highest BCUT2D eigenvalue weighted by Crippen LogP contribution is 2.13. The van der Waals surface area contributed by atoms with Crippen LogP contribution in [0.15, 0.2) is 46.7 Å². The Morgan fingerprint density at radius 1 is 1.22 bits per heavy atom. The molecule has 0 aliphatic heterocycles. The van der Waals surface area contributed by atoms with E-state index in [1.807, 2.05) is 17.5 Å². The monoisotopic (exact) mass is 282 g/mol. The van der Waals surface area contributed by atoms with E-state index in [1.165, 1.54) is 12.1 Å². The van der Waals surface area contributed by atoms with Crippen molar-refractivity contribution >= 4 is 27.0 Å². The van der Waals surface area contributed by atoms with Gasteiger partial charge in [0.05, 0.1) is 4.90 Å². The Balaban J connectivity index is 1.99. The lowest BCUT2D eigenvalue weighted by atomic mass is 10.3. The summed E-state index contributed by atoms with van der Waals surface area (Å²) in [7, 11) is -3.46. The lowest BCUT2D eigenvalue weighted by molar-refractivity contribution is 0.582. The minimum atomic E-state index is -3.46. The molecule has 0 saturated heterocycles. The second kappa shape index (κ2) is 5.51. The molecule has 0 radical (unpaired) electrons. The minimum Gasteiger partial charge on any atom is -0.399 e. The zero-order chi connectivity index (χ0) is 13.0. The van der Waals surface area contributed by atoms with Gasteiger partial charge in [0.15, 0.2) is 0 Å². The van der Waals surface area contributed by atoms with E-state index in [1.54, 1.807) is 23.5 Å². The molecule has 2 rings (SSSR count). The van der Waals surface area contributed by atoms with Gasteiger partial charge >= 0.3 is 0 Å². The van der Waals surface area contributed by atoms with Crippen molar-refractivity contribution in [1.82, 2.24) is 4.72 Å². The Bertz CT molecular complexity index is 607. The highest BCUT2D eigenvalue weighted by atomic mass is 32.2. The molecule has 0 atom stereocenters. The first-order valence-electron chi connectivity index (χ1n) is 5.45. The number of benzene rings is 1. The fourth-order valence-electron chi connectivity index (χ4n) is 1.53. The number of hydrogen-bond donors (Lipinski definition) is 2. The zero-order valence-electron chi connectivity index (χ0n) is 9.67. The number of nitrogens with one attached hydrogen (secondary N) is 1. The highest BCUT2D eigenvalue weighted by molar-refractivity contribution is 7.89. The molecule has 0 unspecified atom stereocenters. The van der Waals surface area contributed by atoms with Crippen LogP contribution in [-0.4, -0.2) is 15.0 Å². The third-order valence-corrected chi connectivity index (χ3v) is 4.81. The molecule has 4 nitrogen and oxygen atoms in total. The minimum absolute atomic E-state index is 0.202. The van der Waals surface area contributed by atoms with Gasteiger partial charge in [0, 0.05) is 17.1 Å². The van der Waals surface area contributed by atoms with Crippen LogP contribution in [0.1, 0.15) is 4.88 Å². The van der Waals surface area contributed by atoms with Crippen molar-refractivity contribution in [2.24, 2.45) is 0 Å². The third-order valence-electron chi connectivity index (χ3n) is 2.41. The van der Waals surface area contributed by atoms with Crippen LogP contribution in [0.2, 0.25) is 0 Å². The van der Waals surface area contributed by atoms with Gasteiger partial charge in [0.1, 0.15) is 0 Å². The van der Waals surface area contributed by atoms with Crippen LogP contribution in [0.25, 0.3) is 0 Å². The Morgan fingerprint density at radius 2 is 2.06 bits per heavy atom.